The molecule has 148 valence electrons. The topological polar surface area (TPSA) is 35.5 Å². The van der Waals surface area contributed by atoms with E-state index in [0.717, 1.165) is 32.1 Å². The highest BCUT2D eigenvalue weighted by Crippen LogP contribution is 2.34. The molecule has 0 aromatic heterocycles. The second kappa shape index (κ2) is 10.8. The lowest BCUT2D eigenvalue weighted by Crippen LogP contribution is -2.31. The predicted molar refractivity (Wildman–Crippen MR) is 109 cm³/mol. The smallest absolute Gasteiger partial charge is 0.347 e. The quantitative estimate of drug-likeness (QED) is 0.315. The second-order valence-corrected chi connectivity index (χ2v) is 8.23. The number of carbonyl (C=O) groups excluding carboxylic acids is 1. The molecule has 1 aromatic carbocycles. The number of rotatable bonds is 11. The Morgan fingerprint density at radius 2 is 1.85 bits per heavy atom. The number of carbonyl (C=O) groups is 1. The number of halogens is 1. The molecule has 0 aliphatic heterocycles. The average Bonchev–Trinajstić information content (AvgIpc) is 2.58. The number of unbranched alkanes of at least 4 members (excludes halogenated alkanes) is 3. The first-order valence-electron chi connectivity index (χ1n) is 9.88. The van der Waals surface area contributed by atoms with E-state index in [2.05, 4.69) is 27.7 Å². The fraction of sp³-hybridized carbons (Fsp3) is 0.682. The SMILES string of the molecule is CCCCCCC(Oc1ccc(C(C)(C)CC)cc1Cl)C(=O)OC(C)C. The van der Waals surface area contributed by atoms with Crippen molar-refractivity contribution in [2.75, 3.05) is 0 Å². The van der Waals surface area contributed by atoms with Gasteiger partial charge in [-0.3, -0.25) is 0 Å². The number of hydrogen-bond acceptors (Lipinski definition) is 3. The van der Waals surface area contributed by atoms with E-state index < -0.39 is 6.10 Å². The Morgan fingerprint density at radius 1 is 1.15 bits per heavy atom. The minimum atomic E-state index is -0.614. The molecule has 0 bridgehead atoms. The summed E-state index contributed by atoms with van der Waals surface area (Å²) in [6.45, 7) is 12.4. The lowest BCUT2D eigenvalue weighted by Gasteiger charge is -2.25. The highest BCUT2D eigenvalue weighted by molar-refractivity contribution is 6.32. The van der Waals surface area contributed by atoms with Gasteiger partial charge >= 0.3 is 5.97 Å². The van der Waals surface area contributed by atoms with E-state index in [9.17, 15) is 4.79 Å². The maximum atomic E-state index is 12.4. The van der Waals surface area contributed by atoms with Crippen molar-refractivity contribution in [1.29, 1.82) is 0 Å². The number of hydrogen-bond donors (Lipinski definition) is 0. The molecule has 1 aromatic rings. The molecule has 0 fully saturated rings. The lowest BCUT2D eigenvalue weighted by molar-refractivity contribution is -0.156. The third-order valence-electron chi connectivity index (χ3n) is 4.80. The molecule has 0 radical (unpaired) electrons. The summed E-state index contributed by atoms with van der Waals surface area (Å²) < 4.78 is 11.4. The molecule has 1 rings (SSSR count). The van der Waals surface area contributed by atoms with Crippen molar-refractivity contribution in [3.05, 3.63) is 28.8 Å². The summed E-state index contributed by atoms with van der Waals surface area (Å²) in [5.41, 5.74) is 1.22. The summed E-state index contributed by atoms with van der Waals surface area (Å²) in [5, 5.41) is 0.542. The number of esters is 1. The summed E-state index contributed by atoms with van der Waals surface area (Å²) in [7, 11) is 0. The van der Waals surface area contributed by atoms with Crippen LogP contribution in [0.2, 0.25) is 5.02 Å². The van der Waals surface area contributed by atoms with Crippen LogP contribution in [0.5, 0.6) is 5.75 Å². The molecule has 4 heteroatoms. The molecule has 0 heterocycles. The zero-order valence-corrected chi connectivity index (χ0v) is 18.0. The molecule has 1 atom stereocenters. The fourth-order valence-corrected chi connectivity index (χ4v) is 2.89. The van der Waals surface area contributed by atoms with E-state index in [1.165, 1.54) is 5.56 Å². The third kappa shape index (κ3) is 7.19. The van der Waals surface area contributed by atoms with Gasteiger partial charge in [0.05, 0.1) is 11.1 Å². The van der Waals surface area contributed by atoms with Crippen molar-refractivity contribution in [1.82, 2.24) is 0 Å². The van der Waals surface area contributed by atoms with Gasteiger partial charge < -0.3 is 9.47 Å². The van der Waals surface area contributed by atoms with Gasteiger partial charge in [0.25, 0.3) is 0 Å². The molecule has 0 aliphatic carbocycles. The Hall–Kier alpha value is -1.22. The van der Waals surface area contributed by atoms with Crippen molar-refractivity contribution < 1.29 is 14.3 Å². The van der Waals surface area contributed by atoms with E-state index in [1.807, 2.05) is 32.0 Å². The third-order valence-corrected chi connectivity index (χ3v) is 5.10. The van der Waals surface area contributed by atoms with Crippen LogP contribution in [0.1, 0.15) is 85.6 Å². The van der Waals surface area contributed by atoms with Crippen molar-refractivity contribution in [3.8, 4) is 5.75 Å². The van der Waals surface area contributed by atoms with E-state index in [-0.39, 0.29) is 17.5 Å². The average molecular weight is 383 g/mol. The van der Waals surface area contributed by atoms with Gasteiger partial charge in [-0.25, -0.2) is 4.79 Å². The van der Waals surface area contributed by atoms with Gasteiger partial charge in [-0.1, -0.05) is 64.6 Å². The van der Waals surface area contributed by atoms with Crippen LogP contribution in [0.4, 0.5) is 0 Å². The van der Waals surface area contributed by atoms with Crippen LogP contribution >= 0.6 is 11.6 Å². The van der Waals surface area contributed by atoms with Gasteiger partial charge in [-0.15, -0.1) is 0 Å². The Morgan fingerprint density at radius 3 is 2.38 bits per heavy atom. The van der Waals surface area contributed by atoms with Crippen LogP contribution in [0.25, 0.3) is 0 Å². The Kier molecular flexibility index (Phi) is 9.49. The molecular weight excluding hydrogens is 348 g/mol. The maximum Gasteiger partial charge on any atom is 0.347 e. The summed E-state index contributed by atoms with van der Waals surface area (Å²) >= 11 is 6.45. The maximum absolute atomic E-state index is 12.4. The van der Waals surface area contributed by atoms with Gasteiger partial charge in [0, 0.05) is 0 Å². The zero-order chi connectivity index (χ0) is 19.7. The number of benzene rings is 1. The van der Waals surface area contributed by atoms with Gasteiger partial charge in [-0.2, -0.15) is 0 Å². The van der Waals surface area contributed by atoms with Gasteiger partial charge in [0.15, 0.2) is 6.10 Å². The van der Waals surface area contributed by atoms with E-state index >= 15 is 0 Å². The minimum Gasteiger partial charge on any atom is -0.477 e. The Balaban J connectivity index is 2.90. The summed E-state index contributed by atoms with van der Waals surface area (Å²) in [6, 6.07) is 5.85. The van der Waals surface area contributed by atoms with Gasteiger partial charge in [0.1, 0.15) is 5.75 Å². The molecule has 0 N–H and O–H groups in total. The molecular formula is C22H35ClO3. The fourth-order valence-electron chi connectivity index (χ4n) is 2.66. The Bertz CT molecular complexity index is 567. The molecule has 0 spiro atoms. The summed E-state index contributed by atoms with van der Waals surface area (Å²) in [6.07, 6.45) is 5.22. The minimum absolute atomic E-state index is 0.0539. The molecule has 0 saturated carbocycles. The van der Waals surface area contributed by atoms with Crippen LogP contribution in [-0.2, 0) is 14.9 Å². The Labute approximate surface area is 164 Å². The van der Waals surface area contributed by atoms with Gasteiger partial charge in [-0.05, 0) is 56.2 Å². The highest BCUT2D eigenvalue weighted by Gasteiger charge is 2.25. The molecule has 0 saturated heterocycles. The van der Waals surface area contributed by atoms with E-state index in [4.69, 9.17) is 21.1 Å². The van der Waals surface area contributed by atoms with Crippen LogP contribution in [0.3, 0.4) is 0 Å². The highest BCUT2D eigenvalue weighted by atomic mass is 35.5. The molecule has 3 nitrogen and oxygen atoms in total. The summed E-state index contributed by atoms with van der Waals surface area (Å²) in [4.78, 5) is 12.4. The standard InChI is InChI=1S/C22H35ClO3/c1-7-9-10-11-12-20(21(24)25-16(3)4)26-19-14-13-17(15-18(19)23)22(5,6)8-2/h13-16,20H,7-12H2,1-6H3. The first-order chi connectivity index (χ1) is 12.2. The molecule has 1 unspecified atom stereocenters. The van der Waals surface area contributed by atoms with Crippen LogP contribution in [0.15, 0.2) is 18.2 Å². The van der Waals surface area contributed by atoms with E-state index in [0.29, 0.717) is 17.2 Å². The van der Waals surface area contributed by atoms with Crippen molar-refractivity contribution in [2.24, 2.45) is 0 Å². The van der Waals surface area contributed by atoms with Gasteiger partial charge in [0.2, 0.25) is 0 Å². The predicted octanol–water partition coefficient (Wildman–Crippen LogP) is 6.70. The van der Waals surface area contributed by atoms with Crippen molar-refractivity contribution in [2.45, 2.75) is 97.7 Å². The van der Waals surface area contributed by atoms with Crippen molar-refractivity contribution >= 4 is 17.6 Å². The summed E-state index contributed by atoms with van der Waals surface area (Å²) in [5.74, 6) is 0.231. The normalized spacial score (nSPS) is 12.9. The van der Waals surface area contributed by atoms with E-state index in [1.54, 1.807) is 0 Å². The molecule has 26 heavy (non-hydrogen) atoms. The largest absolute Gasteiger partial charge is 0.477 e. The lowest BCUT2D eigenvalue weighted by atomic mass is 9.82. The zero-order valence-electron chi connectivity index (χ0n) is 17.2. The number of ether oxygens (including phenoxy) is 2. The van der Waals surface area contributed by atoms with Crippen LogP contribution in [0, 0.1) is 0 Å². The molecule has 0 aliphatic rings. The first kappa shape index (κ1) is 22.8. The van der Waals surface area contributed by atoms with Crippen molar-refractivity contribution in [3.63, 3.8) is 0 Å². The molecule has 0 amide bonds. The monoisotopic (exact) mass is 382 g/mol. The van der Waals surface area contributed by atoms with Crippen LogP contribution < -0.4 is 4.74 Å². The second-order valence-electron chi connectivity index (χ2n) is 7.82. The first-order valence-corrected chi connectivity index (χ1v) is 10.3. The van der Waals surface area contributed by atoms with Crippen LogP contribution in [-0.4, -0.2) is 18.2 Å².